The Hall–Kier alpha value is -3.81. The summed E-state index contributed by atoms with van der Waals surface area (Å²) in [5, 5.41) is 0. The van der Waals surface area contributed by atoms with Crippen molar-refractivity contribution in [1.29, 1.82) is 0 Å². The van der Waals surface area contributed by atoms with Gasteiger partial charge in [0.25, 0.3) is 11.8 Å². The Kier molecular flexibility index (Phi) is 8.92. The number of hydrazine groups is 1. The molecule has 30 heavy (non-hydrogen) atoms. The maximum absolute atomic E-state index is 11.8. The highest BCUT2D eigenvalue weighted by Crippen LogP contribution is 2.13. The average molecular weight is 412 g/mol. The molecular formula is C22H24N2O6. The van der Waals surface area contributed by atoms with Crippen LogP contribution in [0.15, 0.2) is 54.6 Å². The van der Waals surface area contributed by atoms with Gasteiger partial charge in [-0.05, 0) is 54.5 Å². The van der Waals surface area contributed by atoms with Crippen molar-refractivity contribution < 1.29 is 28.6 Å². The molecule has 2 aromatic carbocycles. The number of amides is 2. The van der Waals surface area contributed by atoms with E-state index in [1.807, 2.05) is 6.92 Å². The fraction of sp³-hybridized carbons (Fsp3) is 0.227. The first-order valence-corrected chi connectivity index (χ1v) is 9.32. The standard InChI is InChI=1S/C22H24N2O6/c1-3-14-29-22(27)17-7-11-19(12-8-17)30-15-21(26)24-23-20(25)13-6-16-4-9-18(28-2)10-5-16/h4-13H,3,14-15H2,1-2H3,(H,23,25)(H,24,26). The van der Waals surface area contributed by atoms with Gasteiger partial charge >= 0.3 is 5.97 Å². The van der Waals surface area contributed by atoms with Gasteiger partial charge in [-0.15, -0.1) is 0 Å². The molecule has 2 aromatic rings. The summed E-state index contributed by atoms with van der Waals surface area (Å²) in [6.45, 7) is 1.97. The van der Waals surface area contributed by atoms with E-state index in [-0.39, 0.29) is 6.61 Å². The predicted octanol–water partition coefficient (Wildman–Crippen LogP) is 2.50. The third-order valence-electron chi connectivity index (χ3n) is 3.77. The van der Waals surface area contributed by atoms with Gasteiger partial charge in [-0.3, -0.25) is 20.4 Å². The molecule has 0 saturated carbocycles. The van der Waals surface area contributed by atoms with Gasteiger partial charge in [0.15, 0.2) is 6.61 Å². The van der Waals surface area contributed by atoms with Gasteiger partial charge in [-0.25, -0.2) is 4.79 Å². The number of benzene rings is 2. The summed E-state index contributed by atoms with van der Waals surface area (Å²) in [7, 11) is 1.57. The summed E-state index contributed by atoms with van der Waals surface area (Å²) in [4.78, 5) is 35.3. The van der Waals surface area contributed by atoms with E-state index < -0.39 is 17.8 Å². The number of methoxy groups -OCH3 is 1. The first-order chi connectivity index (χ1) is 14.5. The third-order valence-corrected chi connectivity index (χ3v) is 3.77. The second-order valence-electron chi connectivity index (χ2n) is 6.09. The number of hydrogen-bond donors (Lipinski definition) is 2. The lowest BCUT2D eigenvalue weighted by molar-refractivity contribution is -0.128. The van der Waals surface area contributed by atoms with Gasteiger partial charge in [0, 0.05) is 6.08 Å². The van der Waals surface area contributed by atoms with Crippen molar-refractivity contribution in [3.8, 4) is 11.5 Å². The number of esters is 1. The molecule has 0 atom stereocenters. The fourth-order valence-electron chi connectivity index (χ4n) is 2.21. The number of carbonyl (C=O) groups excluding carboxylic acids is 3. The molecule has 0 spiro atoms. The topological polar surface area (TPSA) is 103 Å². The van der Waals surface area contributed by atoms with Crippen LogP contribution in [0.25, 0.3) is 6.08 Å². The molecule has 2 rings (SSSR count). The van der Waals surface area contributed by atoms with Crippen molar-refractivity contribution in [1.82, 2.24) is 10.9 Å². The highest BCUT2D eigenvalue weighted by atomic mass is 16.5. The van der Waals surface area contributed by atoms with Crippen molar-refractivity contribution >= 4 is 23.9 Å². The number of carbonyl (C=O) groups is 3. The van der Waals surface area contributed by atoms with Crippen LogP contribution in [0.2, 0.25) is 0 Å². The Morgan fingerprint density at radius 2 is 1.60 bits per heavy atom. The number of nitrogens with one attached hydrogen (secondary N) is 2. The van der Waals surface area contributed by atoms with E-state index in [1.165, 1.54) is 6.08 Å². The van der Waals surface area contributed by atoms with Crippen molar-refractivity contribution in [3.63, 3.8) is 0 Å². The highest BCUT2D eigenvalue weighted by molar-refractivity contribution is 5.93. The second kappa shape index (κ2) is 11.9. The summed E-state index contributed by atoms with van der Waals surface area (Å²) in [5.74, 6) is -0.314. The molecule has 0 saturated heterocycles. The third kappa shape index (κ3) is 7.67. The molecule has 0 heterocycles. The summed E-state index contributed by atoms with van der Waals surface area (Å²) >= 11 is 0. The van der Waals surface area contributed by atoms with E-state index in [9.17, 15) is 14.4 Å². The molecule has 2 N–H and O–H groups in total. The van der Waals surface area contributed by atoms with Crippen molar-refractivity contribution in [2.24, 2.45) is 0 Å². The molecule has 2 amide bonds. The Morgan fingerprint density at radius 3 is 2.23 bits per heavy atom. The largest absolute Gasteiger partial charge is 0.497 e. The highest BCUT2D eigenvalue weighted by Gasteiger charge is 2.08. The zero-order valence-electron chi connectivity index (χ0n) is 16.8. The van der Waals surface area contributed by atoms with Gasteiger partial charge in [0.05, 0.1) is 19.3 Å². The molecule has 0 fully saturated rings. The molecule has 0 unspecified atom stereocenters. The molecule has 8 heteroatoms. The lowest BCUT2D eigenvalue weighted by Gasteiger charge is -2.08. The van der Waals surface area contributed by atoms with Crippen LogP contribution in [0.1, 0.15) is 29.3 Å². The van der Waals surface area contributed by atoms with Crippen LogP contribution in [0.4, 0.5) is 0 Å². The smallest absolute Gasteiger partial charge is 0.338 e. The predicted molar refractivity (Wildman–Crippen MR) is 111 cm³/mol. The van der Waals surface area contributed by atoms with Crippen LogP contribution < -0.4 is 20.3 Å². The zero-order chi connectivity index (χ0) is 21.8. The Balaban J connectivity index is 1.71. The van der Waals surface area contributed by atoms with Crippen molar-refractivity contribution in [2.45, 2.75) is 13.3 Å². The molecule has 0 radical (unpaired) electrons. The van der Waals surface area contributed by atoms with E-state index in [1.54, 1.807) is 61.7 Å². The van der Waals surface area contributed by atoms with E-state index in [0.717, 1.165) is 17.7 Å². The molecule has 158 valence electrons. The minimum absolute atomic E-state index is 0.303. The molecule has 0 aliphatic rings. The van der Waals surface area contributed by atoms with Crippen LogP contribution in [-0.2, 0) is 14.3 Å². The van der Waals surface area contributed by atoms with Crippen LogP contribution in [0.5, 0.6) is 11.5 Å². The molecule has 0 aliphatic heterocycles. The molecule has 0 bridgehead atoms. The van der Waals surface area contributed by atoms with E-state index >= 15 is 0 Å². The molecule has 8 nitrogen and oxygen atoms in total. The number of hydrogen-bond acceptors (Lipinski definition) is 6. The van der Waals surface area contributed by atoms with Crippen molar-refractivity contribution in [3.05, 3.63) is 65.7 Å². The van der Waals surface area contributed by atoms with Crippen LogP contribution >= 0.6 is 0 Å². The van der Waals surface area contributed by atoms with Gasteiger partial charge in [-0.1, -0.05) is 19.1 Å². The van der Waals surface area contributed by atoms with Crippen LogP contribution in [-0.4, -0.2) is 38.1 Å². The Labute approximate surface area is 174 Å². The normalized spacial score (nSPS) is 10.3. The Morgan fingerprint density at radius 1 is 0.933 bits per heavy atom. The van der Waals surface area contributed by atoms with Crippen LogP contribution in [0.3, 0.4) is 0 Å². The molecule has 0 aromatic heterocycles. The van der Waals surface area contributed by atoms with Gasteiger partial charge in [0.2, 0.25) is 0 Å². The zero-order valence-corrected chi connectivity index (χ0v) is 16.8. The average Bonchev–Trinajstić information content (AvgIpc) is 2.79. The summed E-state index contributed by atoms with van der Waals surface area (Å²) in [5.41, 5.74) is 5.72. The Bertz CT molecular complexity index is 876. The van der Waals surface area contributed by atoms with Gasteiger partial charge in [0.1, 0.15) is 11.5 Å². The van der Waals surface area contributed by atoms with E-state index in [4.69, 9.17) is 14.2 Å². The minimum Gasteiger partial charge on any atom is -0.497 e. The SMILES string of the molecule is CCCOC(=O)c1ccc(OCC(=O)NNC(=O)C=Cc2ccc(OC)cc2)cc1. The number of ether oxygens (including phenoxy) is 3. The van der Waals surface area contributed by atoms with Crippen molar-refractivity contribution in [2.75, 3.05) is 20.3 Å². The lowest BCUT2D eigenvalue weighted by Crippen LogP contribution is -2.43. The maximum Gasteiger partial charge on any atom is 0.338 e. The van der Waals surface area contributed by atoms with E-state index in [2.05, 4.69) is 10.9 Å². The first kappa shape index (κ1) is 22.5. The second-order valence-corrected chi connectivity index (χ2v) is 6.09. The minimum atomic E-state index is -0.535. The van der Waals surface area contributed by atoms with Gasteiger partial charge in [-0.2, -0.15) is 0 Å². The lowest BCUT2D eigenvalue weighted by atomic mass is 10.2. The monoisotopic (exact) mass is 412 g/mol. The quantitative estimate of drug-likeness (QED) is 0.373. The van der Waals surface area contributed by atoms with Crippen LogP contribution in [0, 0.1) is 0 Å². The maximum atomic E-state index is 11.8. The first-order valence-electron chi connectivity index (χ1n) is 9.32. The summed E-state index contributed by atoms with van der Waals surface area (Å²) < 4.78 is 15.4. The summed E-state index contributed by atoms with van der Waals surface area (Å²) in [6.07, 6.45) is 3.64. The molecule has 0 aliphatic carbocycles. The summed E-state index contributed by atoms with van der Waals surface area (Å²) in [6, 6.07) is 13.4. The van der Waals surface area contributed by atoms with Gasteiger partial charge < -0.3 is 14.2 Å². The molecular weight excluding hydrogens is 388 g/mol. The fourth-order valence-corrected chi connectivity index (χ4v) is 2.21. The number of rotatable bonds is 9. The van der Waals surface area contributed by atoms with E-state index in [0.29, 0.717) is 17.9 Å².